The molecule has 3 rings (SSSR count). The number of anilines is 1. The zero-order valence-electron chi connectivity index (χ0n) is 17.7. The summed E-state index contributed by atoms with van der Waals surface area (Å²) in [4.78, 5) is 27.4. The van der Waals surface area contributed by atoms with E-state index in [1.54, 1.807) is 36.4 Å². The van der Waals surface area contributed by atoms with Crippen molar-refractivity contribution >= 4 is 23.1 Å². The van der Waals surface area contributed by atoms with E-state index < -0.39 is 11.7 Å². The van der Waals surface area contributed by atoms with E-state index in [4.69, 9.17) is 4.74 Å². The monoisotopic (exact) mass is 410 g/mol. The maximum atomic E-state index is 13.6. The van der Waals surface area contributed by atoms with Gasteiger partial charge in [0, 0.05) is 12.2 Å². The van der Waals surface area contributed by atoms with Crippen LogP contribution in [0.1, 0.15) is 33.3 Å². The highest BCUT2D eigenvalue weighted by Gasteiger charge is 2.39. The van der Waals surface area contributed by atoms with Gasteiger partial charge in [-0.05, 0) is 47.7 Å². The first-order chi connectivity index (χ1) is 14.3. The summed E-state index contributed by atoms with van der Waals surface area (Å²) in [5.41, 5.74) is 1.45. The molecule has 0 saturated carbocycles. The number of nitrogens with zero attached hydrogens (tertiary/aromatic N) is 1. The van der Waals surface area contributed by atoms with Crippen molar-refractivity contribution in [2.24, 2.45) is 11.8 Å². The van der Waals surface area contributed by atoms with Crippen molar-refractivity contribution in [3.05, 3.63) is 65.6 Å². The van der Waals surface area contributed by atoms with Gasteiger partial charge in [0.2, 0.25) is 0 Å². The third kappa shape index (κ3) is 4.87. The molecule has 0 atom stereocenters. The van der Waals surface area contributed by atoms with Crippen LogP contribution in [0.5, 0.6) is 5.75 Å². The second-order valence-corrected chi connectivity index (χ2v) is 8.23. The molecule has 1 heterocycles. The Balaban J connectivity index is 1.97. The van der Waals surface area contributed by atoms with E-state index >= 15 is 0 Å². The number of nitrogens with one attached hydrogen (secondary N) is 1. The number of amides is 2. The number of imide groups is 1. The minimum atomic E-state index is -0.426. The van der Waals surface area contributed by atoms with Gasteiger partial charge in [-0.3, -0.25) is 14.5 Å². The topological polar surface area (TPSA) is 58.6 Å². The van der Waals surface area contributed by atoms with E-state index in [1.165, 1.54) is 17.0 Å². The lowest BCUT2D eigenvalue weighted by atomic mass is 10.0. The molecule has 30 heavy (non-hydrogen) atoms. The predicted molar refractivity (Wildman–Crippen MR) is 115 cm³/mol. The standard InChI is InChI=1S/C24H27FN2O3/c1-15(2)13-27-23(28)21(17-8-10-20(11-9-17)30-14-16(3)4)22(24(27)29)26-19-7-5-6-18(25)12-19/h5-12,15-16,26H,13-14H2,1-4H3. The maximum Gasteiger partial charge on any atom is 0.278 e. The Morgan fingerprint density at radius 1 is 0.967 bits per heavy atom. The highest BCUT2D eigenvalue weighted by Crippen LogP contribution is 2.32. The Bertz CT molecular complexity index is 965. The van der Waals surface area contributed by atoms with Crippen molar-refractivity contribution < 1.29 is 18.7 Å². The Labute approximate surface area is 176 Å². The normalized spacial score (nSPS) is 14.3. The van der Waals surface area contributed by atoms with Crippen molar-refractivity contribution in [1.29, 1.82) is 0 Å². The number of rotatable bonds is 8. The molecule has 1 N–H and O–H groups in total. The van der Waals surface area contributed by atoms with Gasteiger partial charge in [0.1, 0.15) is 17.3 Å². The summed E-state index contributed by atoms with van der Waals surface area (Å²) in [6, 6.07) is 12.9. The number of halogens is 1. The molecule has 0 unspecified atom stereocenters. The molecular weight excluding hydrogens is 383 g/mol. The summed E-state index contributed by atoms with van der Waals surface area (Å²) < 4.78 is 19.3. The highest BCUT2D eigenvalue weighted by molar-refractivity contribution is 6.36. The lowest BCUT2D eigenvalue weighted by Gasteiger charge is -2.17. The quantitative estimate of drug-likeness (QED) is 0.641. The van der Waals surface area contributed by atoms with Crippen molar-refractivity contribution in [3.63, 3.8) is 0 Å². The maximum absolute atomic E-state index is 13.6. The molecule has 1 aliphatic rings. The highest BCUT2D eigenvalue weighted by atomic mass is 19.1. The lowest BCUT2D eigenvalue weighted by Crippen LogP contribution is -2.35. The van der Waals surface area contributed by atoms with Crippen molar-refractivity contribution in [2.75, 3.05) is 18.5 Å². The zero-order chi connectivity index (χ0) is 21.8. The van der Waals surface area contributed by atoms with E-state index in [0.717, 1.165) is 0 Å². The second kappa shape index (κ2) is 9.11. The van der Waals surface area contributed by atoms with Gasteiger partial charge in [0.25, 0.3) is 11.8 Å². The summed E-state index contributed by atoms with van der Waals surface area (Å²) in [6.07, 6.45) is 0. The number of hydrogen-bond donors (Lipinski definition) is 1. The summed E-state index contributed by atoms with van der Waals surface area (Å²) in [7, 11) is 0. The fraction of sp³-hybridized carbons (Fsp3) is 0.333. The smallest absolute Gasteiger partial charge is 0.278 e. The molecule has 2 amide bonds. The van der Waals surface area contributed by atoms with Crippen LogP contribution in [-0.2, 0) is 9.59 Å². The largest absolute Gasteiger partial charge is 0.493 e. The fourth-order valence-electron chi connectivity index (χ4n) is 3.18. The summed E-state index contributed by atoms with van der Waals surface area (Å²) in [5, 5.41) is 2.96. The first-order valence-electron chi connectivity index (χ1n) is 10.1. The van der Waals surface area contributed by atoms with Crippen LogP contribution in [0.2, 0.25) is 0 Å². The van der Waals surface area contributed by atoms with E-state index in [2.05, 4.69) is 19.2 Å². The van der Waals surface area contributed by atoms with Crippen molar-refractivity contribution in [1.82, 2.24) is 4.90 Å². The van der Waals surface area contributed by atoms with E-state index in [-0.39, 0.29) is 23.1 Å². The third-order valence-electron chi connectivity index (χ3n) is 4.54. The van der Waals surface area contributed by atoms with Gasteiger partial charge in [-0.25, -0.2) is 4.39 Å². The van der Waals surface area contributed by atoms with Gasteiger partial charge in [-0.1, -0.05) is 45.9 Å². The third-order valence-corrected chi connectivity index (χ3v) is 4.54. The van der Waals surface area contributed by atoms with Crippen molar-refractivity contribution in [3.8, 4) is 5.75 Å². The minimum Gasteiger partial charge on any atom is -0.493 e. The van der Waals surface area contributed by atoms with Crippen molar-refractivity contribution in [2.45, 2.75) is 27.7 Å². The number of ether oxygens (including phenoxy) is 1. The van der Waals surface area contributed by atoms with E-state index in [9.17, 15) is 14.0 Å². The van der Waals surface area contributed by atoms with Crippen LogP contribution in [-0.4, -0.2) is 29.9 Å². The molecule has 0 fully saturated rings. The van der Waals surface area contributed by atoms with Crippen LogP contribution >= 0.6 is 0 Å². The molecule has 2 aromatic rings. The number of benzene rings is 2. The van der Waals surface area contributed by atoms with Gasteiger partial charge in [0.15, 0.2) is 0 Å². The minimum absolute atomic E-state index is 0.125. The molecular formula is C24H27FN2O3. The molecule has 0 bridgehead atoms. The molecule has 5 nitrogen and oxygen atoms in total. The first kappa shape index (κ1) is 21.6. The van der Waals surface area contributed by atoms with E-state index in [0.29, 0.717) is 36.1 Å². The summed E-state index contributed by atoms with van der Waals surface area (Å²) >= 11 is 0. The second-order valence-electron chi connectivity index (χ2n) is 8.23. The van der Waals surface area contributed by atoms with Crippen LogP contribution in [0.4, 0.5) is 10.1 Å². The van der Waals surface area contributed by atoms with Crippen LogP contribution in [0.25, 0.3) is 5.57 Å². The Hall–Kier alpha value is -3.15. The zero-order valence-corrected chi connectivity index (χ0v) is 17.7. The average molecular weight is 410 g/mol. The molecule has 6 heteroatoms. The number of carbonyl (C=O) groups is 2. The van der Waals surface area contributed by atoms with Gasteiger partial charge in [-0.15, -0.1) is 0 Å². The molecule has 0 aromatic heterocycles. The molecule has 0 saturated heterocycles. The van der Waals surface area contributed by atoms with Gasteiger partial charge < -0.3 is 10.1 Å². The van der Waals surface area contributed by atoms with Crippen LogP contribution in [0, 0.1) is 17.7 Å². The van der Waals surface area contributed by atoms with Gasteiger partial charge in [0.05, 0.1) is 12.2 Å². The number of carbonyl (C=O) groups excluding carboxylic acids is 2. The molecule has 158 valence electrons. The summed E-state index contributed by atoms with van der Waals surface area (Å²) in [5.74, 6) is 0.0252. The Morgan fingerprint density at radius 3 is 2.27 bits per heavy atom. The molecule has 0 radical (unpaired) electrons. The Morgan fingerprint density at radius 2 is 1.67 bits per heavy atom. The lowest BCUT2D eigenvalue weighted by molar-refractivity contribution is -0.137. The number of hydrogen-bond acceptors (Lipinski definition) is 4. The first-order valence-corrected chi connectivity index (χ1v) is 10.1. The molecule has 0 spiro atoms. The average Bonchev–Trinajstić information content (AvgIpc) is 2.91. The Kier molecular flexibility index (Phi) is 6.55. The van der Waals surface area contributed by atoms with Crippen LogP contribution in [0.3, 0.4) is 0 Å². The molecule has 2 aromatic carbocycles. The predicted octanol–water partition coefficient (Wildman–Crippen LogP) is 4.71. The molecule has 1 aliphatic heterocycles. The van der Waals surface area contributed by atoms with Gasteiger partial charge >= 0.3 is 0 Å². The molecule has 0 aliphatic carbocycles. The fourth-order valence-corrected chi connectivity index (χ4v) is 3.18. The van der Waals surface area contributed by atoms with Crippen LogP contribution in [0.15, 0.2) is 54.2 Å². The van der Waals surface area contributed by atoms with Crippen LogP contribution < -0.4 is 10.1 Å². The SMILES string of the molecule is CC(C)COc1ccc(C2=C(Nc3cccc(F)c3)C(=O)N(CC(C)C)C2=O)cc1. The van der Waals surface area contributed by atoms with Gasteiger partial charge in [-0.2, -0.15) is 0 Å². The summed E-state index contributed by atoms with van der Waals surface area (Å²) in [6.45, 7) is 8.92. The van der Waals surface area contributed by atoms with E-state index in [1.807, 2.05) is 13.8 Å².